The highest BCUT2D eigenvalue weighted by molar-refractivity contribution is 5.96. The Labute approximate surface area is 128 Å². The predicted molar refractivity (Wildman–Crippen MR) is 73.1 cm³/mol. The summed E-state index contributed by atoms with van der Waals surface area (Å²) in [6.45, 7) is 0. The molecular formula is C14H9F2N3O4. The number of nitrogens with zero attached hydrogens (tertiary/aromatic N) is 2. The molecule has 9 heteroatoms. The van der Waals surface area contributed by atoms with Crippen LogP contribution >= 0.6 is 0 Å². The van der Waals surface area contributed by atoms with Crippen molar-refractivity contribution in [3.63, 3.8) is 0 Å². The van der Waals surface area contributed by atoms with Crippen LogP contribution < -0.4 is 5.73 Å². The summed E-state index contributed by atoms with van der Waals surface area (Å²) >= 11 is 0. The number of nitrogen functional groups attached to an aromatic ring is 1. The van der Waals surface area contributed by atoms with Crippen molar-refractivity contribution >= 4 is 17.6 Å². The molecule has 0 spiro atoms. The smallest absolute Gasteiger partial charge is 0.357 e. The zero-order chi connectivity index (χ0) is 17.3. The van der Waals surface area contributed by atoms with Gasteiger partial charge in [0.1, 0.15) is 17.7 Å². The van der Waals surface area contributed by atoms with Gasteiger partial charge in [-0.2, -0.15) is 5.26 Å². The minimum absolute atomic E-state index is 0.147. The summed E-state index contributed by atoms with van der Waals surface area (Å²) in [5.41, 5.74) is 3.61. The van der Waals surface area contributed by atoms with Gasteiger partial charge in [0.2, 0.25) is 0 Å². The number of carbonyl (C=O) groups is 2. The molecule has 1 heterocycles. The summed E-state index contributed by atoms with van der Waals surface area (Å²) in [5.74, 6) is -5.01. The van der Waals surface area contributed by atoms with Gasteiger partial charge < -0.3 is 20.1 Å². The number of nitrogens with two attached hydrogens (primary N) is 1. The third kappa shape index (κ3) is 2.57. The number of aromatic carboxylic acids is 1. The van der Waals surface area contributed by atoms with Crippen molar-refractivity contribution in [3.05, 3.63) is 46.8 Å². The number of anilines is 1. The molecule has 118 valence electrons. The number of ether oxygens (including phenoxy) is 1. The van der Waals surface area contributed by atoms with Gasteiger partial charge in [-0.1, -0.05) is 0 Å². The summed E-state index contributed by atoms with van der Waals surface area (Å²) in [6, 6.07) is 2.76. The minimum Gasteiger partial charge on any atom is -0.478 e. The van der Waals surface area contributed by atoms with Crippen molar-refractivity contribution in [1.82, 2.24) is 4.57 Å². The number of methoxy groups -OCH3 is 1. The molecule has 0 aliphatic carbocycles. The van der Waals surface area contributed by atoms with Crippen molar-refractivity contribution in [2.75, 3.05) is 12.8 Å². The number of halogens is 2. The Hall–Kier alpha value is -3.41. The van der Waals surface area contributed by atoms with Crippen LogP contribution in [0.2, 0.25) is 0 Å². The van der Waals surface area contributed by atoms with E-state index in [1.54, 1.807) is 6.07 Å². The van der Waals surface area contributed by atoms with E-state index in [4.69, 9.17) is 16.1 Å². The number of carboxylic acids is 1. The van der Waals surface area contributed by atoms with Gasteiger partial charge in [-0.3, -0.25) is 0 Å². The number of hydrogen-bond donors (Lipinski definition) is 2. The van der Waals surface area contributed by atoms with Crippen LogP contribution in [-0.2, 0) is 4.74 Å². The Morgan fingerprint density at radius 1 is 1.35 bits per heavy atom. The quantitative estimate of drug-likeness (QED) is 0.831. The second-order valence-electron chi connectivity index (χ2n) is 4.37. The number of hydrogen-bond acceptors (Lipinski definition) is 5. The zero-order valence-electron chi connectivity index (χ0n) is 11.6. The third-order valence-corrected chi connectivity index (χ3v) is 3.07. The maximum atomic E-state index is 14.0. The second kappa shape index (κ2) is 5.76. The molecule has 1 aromatic heterocycles. The van der Waals surface area contributed by atoms with Crippen LogP contribution in [0.4, 0.5) is 14.5 Å². The largest absolute Gasteiger partial charge is 0.478 e. The molecular weight excluding hydrogens is 312 g/mol. The molecule has 3 N–H and O–H groups in total. The van der Waals surface area contributed by atoms with E-state index in [0.717, 1.165) is 17.9 Å². The SMILES string of the molecule is COC(=O)c1c(N)c(C#N)cn1-c1cc(C(=O)O)c(F)cc1F. The van der Waals surface area contributed by atoms with Gasteiger partial charge >= 0.3 is 11.9 Å². The third-order valence-electron chi connectivity index (χ3n) is 3.07. The number of carbonyl (C=O) groups excluding carboxylic acids is 1. The fraction of sp³-hybridized carbons (Fsp3) is 0.0714. The average molecular weight is 321 g/mol. The normalized spacial score (nSPS) is 10.2. The van der Waals surface area contributed by atoms with Crippen LogP contribution in [0.3, 0.4) is 0 Å². The molecule has 0 unspecified atom stereocenters. The molecule has 2 aromatic rings. The van der Waals surface area contributed by atoms with Gasteiger partial charge in [0.05, 0.1) is 29.6 Å². The first-order valence-corrected chi connectivity index (χ1v) is 6.03. The van der Waals surface area contributed by atoms with E-state index >= 15 is 0 Å². The summed E-state index contributed by atoms with van der Waals surface area (Å²) in [4.78, 5) is 22.8. The van der Waals surface area contributed by atoms with E-state index in [-0.39, 0.29) is 16.9 Å². The highest BCUT2D eigenvalue weighted by atomic mass is 19.1. The van der Waals surface area contributed by atoms with E-state index < -0.39 is 34.8 Å². The first-order valence-electron chi connectivity index (χ1n) is 6.03. The molecule has 0 atom stereocenters. The predicted octanol–water partition coefficient (Wildman–Crippen LogP) is 1.69. The second-order valence-corrected chi connectivity index (χ2v) is 4.37. The molecule has 0 amide bonds. The van der Waals surface area contributed by atoms with Crippen LogP contribution in [0.1, 0.15) is 26.4 Å². The highest BCUT2D eigenvalue weighted by Gasteiger charge is 2.25. The van der Waals surface area contributed by atoms with Crippen LogP contribution in [0.5, 0.6) is 0 Å². The Balaban J connectivity index is 2.82. The van der Waals surface area contributed by atoms with E-state index in [1.807, 2.05) is 0 Å². The zero-order valence-corrected chi connectivity index (χ0v) is 11.6. The lowest BCUT2D eigenvalue weighted by Crippen LogP contribution is -2.13. The Bertz CT molecular complexity index is 868. The van der Waals surface area contributed by atoms with Crippen molar-refractivity contribution in [3.8, 4) is 11.8 Å². The number of rotatable bonds is 3. The van der Waals surface area contributed by atoms with Crippen molar-refractivity contribution in [2.24, 2.45) is 0 Å². The Kier molecular flexibility index (Phi) is 4.00. The van der Waals surface area contributed by atoms with Crippen molar-refractivity contribution < 1.29 is 28.2 Å². The first kappa shape index (κ1) is 16.0. The standard InChI is InChI=1S/C14H9F2N3O4/c1-23-14(22)12-11(18)6(4-17)5-19(12)10-2-7(13(20)21)8(15)3-9(10)16/h2-3,5H,18H2,1H3,(H,20,21). The van der Waals surface area contributed by atoms with Crippen molar-refractivity contribution in [1.29, 1.82) is 5.26 Å². The lowest BCUT2D eigenvalue weighted by Gasteiger charge is -2.11. The Morgan fingerprint density at radius 2 is 2.00 bits per heavy atom. The van der Waals surface area contributed by atoms with Gasteiger partial charge in [0.15, 0.2) is 5.69 Å². The van der Waals surface area contributed by atoms with Gasteiger partial charge in [-0.15, -0.1) is 0 Å². The fourth-order valence-electron chi connectivity index (χ4n) is 1.99. The van der Waals surface area contributed by atoms with E-state index in [2.05, 4.69) is 4.74 Å². The van der Waals surface area contributed by atoms with E-state index in [0.29, 0.717) is 12.1 Å². The van der Waals surface area contributed by atoms with Gasteiger partial charge in [0.25, 0.3) is 0 Å². The van der Waals surface area contributed by atoms with E-state index in [9.17, 15) is 18.4 Å². The van der Waals surface area contributed by atoms with Crippen LogP contribution in [0.25, 0.3) is 5.69 Å². The first-order chi connectivity index (χ1) is 10.8. The van der Waals surface area contributed by atoms with Crippen LogP contribution in [0.15, 0.2) is 18.3 Å². The maximum absolute atomic E-state index is 14.0. The summed E-state index contributed by atoms with van der Waals surface area (Å²) in [7, 11) is 1.05. The molecule has 0 saturated heterocycles. The molecule has 0 aliphatic rings. The summed E-state index contributed by atoms with van der Waals surface area (Å²) in [5, 5.41) is 17.9. The molecule has 1 aromatic carbocycles. The van der Waals surface area contributed by atoms with Crippen LogP contribution in [0, 0.1) is 23.0 Å². The van der Waals surface area contributed by atoms with Crippen molar-refractivity contribution in [2.45, 2.75) is 0 Å². The number of aromatic nitrogens is 1. The molecule has 7 nitrogen and oxygen atoms in total. The lowest BCUT2D eigenvalue weighted by atomic mass is 10.1. The molecule has 0 fully saturated rings. The highest BCUT2D eigenvalue weighted by Crippen LogP contribution is 2.27. The molecule has 23 heavy (non-hydrogen) atoms. The number of carboxylic acid groups (broad SMARTS) is 1. The molecule has 0 aliphatic heterocycles. The summed E-state index contributed by atoms with van der Waals surface area (Å²) < 4.78 is 32.9. The maximum Gasteiger partial charge on any atom is 0.357 e. The molecule has 0 bridgehead atoms. The average Bonchev–Trinajstić information content (AvgIpc) is 2.82. The lowest BCUT2D eigenvalue weighted by molar-refractivity contribution is 0.0592. The Morgan fingerprint density at radius 3 is 2.52 bits per heavy atom. The number of nitriles is 1. The summed E-state index contributed by atoms with van der Waals surface area (Å²) in [6.07, 6.45) is 1.03. The van der Waals surface area contributed by atoms with Gasteiger partial charge in [-0.05, 0) is 6.07 Å². The molecule has 2 rings (SSSR count). The molecule has 0 saturated carbocycles. The minimum atomic E-state index is -1.62. The topological polar surface area (TPSA) is 118 Å². The molecule has 0 radical (unpaired) electrons. The fourth-order valence-corrected chi connectivity index (χ4v) is 1.99. The van der Waals surface area contributed by atoms with Gasteiger partial charge in [0, 0.05) is 12.3 Å². The number of esters is 1. The van der Waals surface area contributed by atoms with Crippen LogP contribution in [-0.4, -0.2) is 28.7 Å². The number of benzene rings is 1. The van der Waals surface area contributed by atoms with Gasteiger partial charge in [-0.25, -0.2) is 18.4 Å². The van der Waals surface area contributed by atoms with E-state index in [1.165, 1.54) is 0 Å². The monoisotopic (exact) mass is 321 g/mol.